The highest BCUT2D eigenvalue weighted by molar-refractivity contribution is 6.06. The van der Waals surface area contributed by atoms with Crippen molar-refractivity contribution in [3.8, 4) is 5.75 Å². The van der Waals surface area contributed by atoms with Crippen molar-refractivity contribution < 1.29 is 9.90 Å². The zero-order chi connectivity index (χ0) is 18.8. The summed E-state index contributed by atoms with van der Waals surface area (Å²) in [5, 5.41) is 12.8. The quantitative estimate of drug-likeness (QED) is 0.619. The van der Waals surface area contributed by atoms with Crippen LogP contribution in [0.25, 0.3) is 0 Å². The van der Waals surface area contributed by atoms with Crippen LogP contribution in [0.5, 0.6) is 5.75 Å². The molecule has 4 rings (SSSR count). The van der Waals surface area contributed by atoms with E-state index in [4.69, 9.17) is 5.73 Å². The Hall–Kier alpha value is -3.61. The highest BCUT2D eigenvalue weighted by Gasteiger charge is 2.25. The molecular formula is C20H19N5O2. The third-order valence-electron chi connectivity index (χ3n) is 4.47. The molecule has 1 aliphatic heterocycles. The molecule has 7 nitrogen and oxygen atoms in total. The Bertz CT molecular complexity index is 1010. The van der Waals surface area contributed by atoms with Crippen LogP contribution in [0, 0.1) is 0 Å². The SMILES string of the molecule is Nc1cc(C(=O)N2CCCc3ccccc32)nc(Nc2ccccc2O)n1. The van der Waals surface area contributed by atoms with Crippen molar-refractivity contribution >= 4 is 29.0 Å². The third kappa shape index (κ3) is 3.39. The summed E-state index contributed by atoms with van der Waals surface area (Å²) in [6, 6.07) is 16.1. The first-order valence-corrected chi connectivity index (χ1v) is 8.71. The molecule has 0 spiro atoms. The van der Waals surface area contributed by atoms with Gasteiger partial charge in [-0.15, -0.1) is 0 Å². The number of rotatable bonds is 3. The molecule has 0 radical (unpaired) electrons. The van der Waals surface area contributed by atoms with Crippen LogP contribution in [0.1, 0.15) is 22.5 Å². The van der Waals surface area contributed by atoms with Crippen LogP contribution in [0.2, 0.25) is 0 Å². The summed E-state index contributed by atoms with van der Waals surface area (Å²) in [4.78, 5) is 23.2. The number of hydrogen-bond acceptors (Lipinski definition) is 6. The fraction of sp³-hybridized carbons (Fsp3) is 0.150. The van der Waals surface area contributed by atoms with Gasteiger partial charge in [0.15, 0.2) is 0 Å². The molecule has 0 saturated heterocycles. The summed E-state index contributed by atoms with van der Waals surface area (Å²) in [5.74, 6) is 0.166. The third-order valence-corrected chi connectivity index (χ3v) is 4.47. The number of nitrogens with zero attached hydrogens (tertiary/aromatic N) is 3. The molecule has 0 unspecified atom stereocenters. The highest BCUT2D eigenvalue weighted by Crippen LogP contribution is 2.29. The van der Waals surface area contributed by atoms with Gasteiger partial charge < -0.3 is 21.1 Å². The number of anilines is 4. The van der Waals surface area contributed by atoms with E-state index in [2.05, 4.69) is 15.3 Å². The number of fused-ring (bicyclic) bond motifs is 1. The molecular weight excluding hydrogens is 342 g/mol. The number of phenols is 1. The number of phenolic OH excluding ortho intramolecular Hbond substituents is 1. The lowest BCUT2D eigenvalue weighted by molar-refractivity contribution is 0.0980. The molecule has 27 heavy (non-hydrogen) atoms. The molecule has 0 aliphatic carbocycles. The molecule has 0 fully saturated rings. The van der Waals surface area contributed by atoms with Crippen LogP contribution in [-0.2, 0) is 6.42 Å². The molecule has 0 bridgehead atoms. The van der Waals surface area contributed by atoms with E-state index in [1.165, 1.54) is 6.07 Å². The molecule has 2 aromatic carbocycles. The van der Waals surface area contributed by atoms with Crippen molar-refractivity contribution in [1.29, 1.82) is 0 Å². The zero-order valence-electron chi connectivity index (χ0n) is 14.6. The van der Waals surface area contributed by atoms with Crippen LogP contribution in [0.4, 0.5) is 23.1 Å². The molecule has 2 heterocycles. The number of nitrogens with two attached hydrogens (primary N) is 1. The van der Waals surface area contributed by atoms with Crippen molar-refractivity contribution in [1.82, 2.24) is 9.97 Å². The van der Waals surface area contributed by atoms with Gasteiger partial charge in [-0.3, -0.25) is 4.79 Å². The predicted molar refractivity (Wildman–Crippen MR) is 104 cm³/mol. The van der Waals surface area contributed by atoms with Crippen molar-refractivity contribution in [2.75, 3.05) is 22.5 Å². The molecule has 3 aromatic rings. The molecule has 136 valence electrons. The fourth-order valence-electron chi connectivity index (χ4n) is 3.21. The average molecular weight is 361 g/mol. The van der Waals surface area contributed by atoms with E-state index in [1.807, 2.05) is 24.3 Å². The summed E-state index contributed by atoms with van der Waals surface area (Å²) < 4.78 is 0. The number of para-hydroxylation sites is 3. The minimum absolute atomic E-state index is 0.0568. The number of aromatic nitrogens is 2. The lowest BCUT2D eigenvalue weighted by atomic mass is 10.0. The smallest absolute Gasteiger partial charge is 0.277 e. The number of benzene rings is 2. The first-order chi connectivity index (χ1) is 13.1. The van der Waals surface area contributed by atoms with Crippen LogP contribution in [0.15, 0.2) is 54.6 Å². The molecule has 1 amide bonds. The van der Waals surface area contributed by atoms with Crippen LogP contribution in [0.3, 0.4) is 0 Å². The van der Waals surface area contributed by atoms with Crippen molar-refractivity contribution in [2.45, 2.75) is 12.8 Å². The number of nitrogen functional groups attached to an aromatic ring is 1. The predicted octanol–water partition coefficient (Wildman–Crippen LogP) is 3.10. The molecule has 1 aromatic heterocycles. The average Bonchev–Trinajstić information content (AvgIpc) is 2.68. The minimum atomic E-state index is -0.225. The van der Waals surface area contributed by atoms with E-state index in [-0.39, 0.29) is 29.1 Å². The number of hydrogen-bond donors (Lipinski definition) is 3. The van der Waals surface area contributed by atoms with E-state index in [1.54, 1.807) is 29.2 Å². The zero-order valence-corrected chi connectivity index (χ0v) is 14.6. The van der Waals surface area contributed by atoms with E-state index in [9.17, 15) is 9.90 Å². The summed E-state index contributed by atoms with van der Waals surface area (Å²) in [5.41, 5.74) is 8.58. The van der Waals surface area contributed by atoms with E-state index < -0.39 is 0 Å². The standard InChI is InChI=1S/C20H19N5O2/c21-18-12-15(23-20(24-18)22-14-8-2-4-10-17(14)26)19(27)25-11-5-7-13-6-1-3-9-16(13)25/h1-4,6,8-10,12,26H,5,7,11H2,(H3,21,22,23,24). The first-order valence-electron chi connectivity index (χ1n) is 8.71. The fourth-order valence-corrected chi connectivity index (χ4v) is 3.21. The van der Waals surface area contributed by atoms with Gasteiger partial charge in [-0.25, -0.2) is 4.98 Å². The van der Waals surface area contributed by atoms with Gasteiger partial charge >= 0.3 is 0 Å². The van der Waals surface area contributed by atoms with Gasteiger partial charge in [-0.1, -0.05) is 30.3 Å². The maximum absolute atomic E-state index is 13.1. The number of carbonyl (C=O) groups is 1. The molecule has 0 atom stereocenters. The van der Waals surface area contributed by atoms with Crippen LogP contribution < -0.4 is 16.0 Å². The van der Waals surface area contributed by atoms with Crippen LogP contribution in [-0.4, -0.2) is 27.5 Å². The van der Waals surface area contributed by atoms with Crippen molar-refractivity contribution in [3.05, 3.63) is 65.9 Å². The molecule has 0 saturated carbocycles. The maximum atomic E-state index is 13.1. The maximum Gasteiger partial charge on any atom is 0.277 e. The number of aryl methyl sites for hydroxylation is 1. The van der Waals surface area contributed by atoms with Crippen molar-refractivity contribution in [3.63, 3.8) is 0 Å². The van der Waals surface area contributed by atoms with E-state index in [0.29, 0.717) is 12.2 Å². The summed E-state index contributed by atoms with van der Waals surface area (Å²) >= 11 is 0. The monoisotopic (exact) mass is 361 g/mol. The molecule has 4 N–H and O–H groups in total. The summed E-state index contributed by atoms with van der Waals surface area (Å²) in [6.45, 7) is 0.627. The minimum Gasteiger partial charge on any atom is -0.506 e. The van der Waals surface area contributed by atoms with Gasteiger partial charge in [-0.05, 0) is 36.6 Å². The summed E-state index contributed by atoms with van der Waals surface area (Å²) in [7, 11) is 0. The van der Waals surface area contributed by atoms with Gasteiger partial charge in [0.25, 0.3) is 5.91 Å². The highest BCUT2D eigenvalue weighted by atomic mass is 16.3. The Morgan fingerprint density at radius 2 is 1.89 bits per heavy atom. The van der Waals surface area contributed by atoms with E-state index in [0.717, 1.165) is 24.1 Å². The van der Waals surface area contributed by atoms with Gasteiger partial charge in [0.1, 0.15) is 17.3 Å². The largest absolute Gasteiger partial charge is 0.506 e. The Morgan fingerprint density at radius 3 is 2.74 bits per heavy atom. The topological polar surface area (TPSA) is 104 Å². The number of nitrogens with one attached hydrogen (secondary N) is 1. The van der Waals surface area contributed by atoms with Gasteiger partial charge in [0, 0.05) is 18.3 Å². The lowest BCUT2D eigenvalue weighted by Crippen LogP contribution is -2.36. The Kier molecular flexibility index (Phi) is 4.33. The number of aromatic hydroxyl groups is 1. The Balaban J connectivity index is 1.66. The van der Waals surface area contributed by atoms with Crippen molar-refractivity contribution in [2.24, 2.45) is 0 Å². The Morgan fingerprint density at radius 1 is 1.11 bits per heavy atom. The lowest BCUT2D eigenvalue weighted by Gasteiger charge is -2.29. The molecule has 1 aliphatic rings. The van der Waals surface area contributed by atoms with Gasteiger partial charge in [0.2, 0.25) is 5.95 Å². The first kappa shape index (κ1) is 16.8. The number of amides is 1. The van der Waals surface area contributed by atoms with E-state index >= 15 is 0 Å². The van der Waals surface area contributed by atoms with Gasteiger partial charge in [0.05, 0.1) is 5.69 Å². The second-order valence-corrected chi connectivity index (χ2v) is 6.33. The van der Waals surface area contributed by atoms with Crippen LogP contribution >= 0.6 is 0 Å². The Labute approximate surface area is 156 Å². The van der Waals surface area contributed by atoms with Gasteiger partial charge in [-0.2, -0.15) is 4.98 Å². The normalized spacial score (nSPS) is 13.1. The second-order valence-electron chi connectivity index (χ2n) is 6.33. The molecule has 7 heteroatoms. The summed E-state index contributed by atoms with van der Waals surface area (Å²) in [6.07, 6.45) is 1.85. The number of carbonyl (C=O) groups excluding carboxylic acids is 1. The second kappa shape index (κ2) is 6.95.